The highest BCUT2D eigenvalue weighted by atomic mass is 79.9. The molecule has 0 aliphatic rings. The maximum atomic E-state index is 11.8. The molecule has 1 N–H and O–H groups in total. The van der Waals surface area contributed by atoms with E-state index in [2.05, 4.69) is 31.4 Å². The van der Waals surface area contributed by atoms with Crippen LogP contribution < -0.4 is 5.32 Å². The molecule has 0 aromatic carbocycles. The molecule has 108 valence electrons. The van der Waals surface area contributed by atoms with Crippen LogP contribution in [0.3, 0.4) is 0 Å². The van der Waals surface area contributed by atoms with Crippen molar-refractivity contribution in [3.63, 3.8) is 0 Å². The number of hydrogen-bond donors (Lipinski definition) is 1. The summed E-state index contributed by atoms with van der Waals surface area (Å²) < 4.78 is 4.52. The minimum absolute atomic E-state index is 0.00224. The number of nitrogens with zero attached hydrogens (tertiary/aromatic N) is 4. The molecule has 1 amide bonds. The van der Waals surface area contributed by atoms with Crippen LogP contribution in [0.4, 0.5) is 0 Å². The molecule has 0 saturated heterocycles. The zero-order valence-electron chi connectivity index (χ0n) is 11.9. The molecular formula is C13H18BrN5O. The number of carbonyl (C=O) groups is 1. The third-order valence-electron chi connectivity index (χ3n) is 3.09. The minimum atomic E-state index is -0.00224. The average molecular weight is 340 g/mol. The molecule has 0 radical (unpaired) electrons. The maximum Gasteiger partial charge on any atom is 0.222 e. The van der Waals surface area contributed by atoms with E-state index in [1.54, 1.807) is 9.36 Å². The zero-order chi connectivity index (χ0) is 14.7. The van der Waals surface area contributed by atoms with Crippen molar-refractivity contribution in [3.05, 3.63) is 33.8 Å². The van der Waals surface area contributed by atoms with Gasteiger partial charge in [0.05, 0.1) is 22.4 Å². The molecule has 0 aliphatic heterocycles. The molecule has 0 spiro atoms. The van der Waals surface area contributed by atoms with Gasteiger partial charge in [0.1, 0.15) is 0 Å². The average Bonchev–Trinajstić information content (AvgIpc) is 2.88. The quantitative estimate of drug-likeness (QED) is 0.901. The summed E-state index contributed by atoms with van der Waals surface area (Å²) in [6.07, 6.45) is 2.28. The Bertz CT molecular complexity index is 525. The predicted octanol–water partition coefficient (Wildman–Crippen LogP) is 1.70. The van der Waals surface area contributed by atoms with E-state index in [9.17, 15) is 4.79 Å². The van der Waals surface area contributed by atoms with Crippen LogP contribution in [0.2, 0.25) is 0 Å². The van der Waals surface area contributed by atoms with Crippen LogP contribution in [0.5, 0.6) is 0 Å². The van der Waals surface area contributed by atoms with Gasteiger partial charge in [-0.2, -0.15) is 10.2 Å². The van der Waals surface area contributed by atoms with Gasteiger partial charge in [0.2, 0.25) is 5.91 Å². The van der Waals surface area contributed by atoms with Gasteiger partial charge in [0, 0.05) is 31.9 Å². The summed E-state index contributed by atoms with van der Waals surface area (Å²) in [6.45, 7) is 4.93. The highest BCUT2D eigenvalue weighted by molar-refractivity contribution is 9.10. The third kappa shape index (κ3) is 3.69. The lowest BCUT2D eigenvalue weighted by Crippen LogP contribution is -2.24. The summed E-state index contributed by atoms with van der Waals surface area (Å²) in [6, 6.07) is 1.97. The summed E-state index contributed by atoms with van der Waals surface area (Å²) in [5, 5.41) is 11.4. The lowest BCUT2D eigenvalue weighted by molar-refractivity contribution is -0.121. The van der Waals surface area contributed by atoms with Gasteiger partial charge < -0.3 is 5.32 Å². The van der Waals surface area contributed by atoms with E-state index in [4.69, 9.17) is 0 Å². The first-order chi connectivity index (χ1) is 9.45. The summed E-state index contributed by atoms with van der Waals surface area (Å²) in [5.74, 6) is -0.00224. The first-order valence-corrected chi connectivity index (χ1v) is 7.21. The van der Waals surface area contributed by atoms with Crippen molar-refractivity contribution in [2.75, 3.05) is 0 Å². The Balaban J connectivity index is 1.78. The molecule has 2 rings (SSSR count). The molecule has 6 nitrogen and oxygen atoms in total. The lowest BCUT2D eigenvalue weighted by atomic mass is 10.3. The minimum Gasteiger partial charge on any atom is -0.350 e. The number of aryl methyl sites for hydroxylation is 4. The second-order valence-corrected chi connectivity index (χ2v) is 5.61. The highest BCUT2D eigenvalue weighted by Gasteiger charge is 2.06. The van der Waals surface area contributed by atoms with Gasteiger partial charge in [-0.3, -0.25) is 14.2 Å². The van der Waals surface area contributed by atoms with Crippen LogP contribution in [-0.2, 0) is 24.9 Å². The van der Waals surface area contributed by atoms with E-state index in [0.717, 1.165) is 21.6 Å². The molecule has 20 heavy (non-hydrogen) atoms. The fourth-order valence-electron chi connectivity index (χ4n) is 1.82. The fraction of sp³-hybridized carbons (Fsp3) is 0.462. The molecule has 0 fully saturated rings. The molecule has 0 bridgehead atoms. The number of hydrogen-bond acceptors (Lipinski definition) is 3. The fourth-order valence-corrected chi connectivity index (χ4v) is 2.14. The highest BCUT2D eigenvalue weighted by Crippen LogP contribution is 2.13. The molecule has 0 aliphatic carbocycles. The van der Waals surface area contributed by atoms with E-state index in [1.165, 1.54) is 0 Å². The number of halogens is 1. The Labute approximate surface area is 126 Å². The standard InChI is InChI=1S/C13H18BrN5O/c1-9-6-11(17-18(9)3)7-15-13(20)4-5-19-8-12(14)10(2)16-19/h6,8H,4-5,7H2,1-3H3,(H,15,20). The van der Waals surface area contributed by atoms with Crippen molar-refractivity contribution in [2.24, 2.45) is 7.05 Å². The van der Waals surface area contributed by atoms with Crippen LogP contribution in [-0.4, -0.2) is 25.5 Å². The Morgan fingerprint density at radius 3 is 2.70 bits per heavy atom. The molecule has 2 aromatic heterocycles. The first-order valence-electron chi connectivity index (χ1n) is 6.41. The number of amides is 1. The molecule has 0 saturated carbocycles. The van der Waals surface area contributed by atoms with E-state index in [1.807, 2.05) is 33.2 Å². The SMILES string of the molecule is Cc1nn(CCC(=O)NCc2cc(C)n(C)n2)cc1Br. The van der Waals surface area contributed by atoms with Crippen molar-refractivity contribution in [3.8, 4) is 0 Å². The van der Waals surface area contributed by atoms with Crippen LogP contribution in [0.25, 0.3) is 0 Å². The van der Waals surface area contributed by atoms with Crippen LogP contribution >= 0.6 is 15.9 Å². The summed E-state index contributed by atoms with van der Waals surface area (Å²) in [4.78, 5) is 11.8. The monoisotopic (exact) mass is 339 g/mol. The van der Waals surface area contributed by atoms with Crippen molar-refractivity contribution in [2.45, 2.75) is 33.4 Å². The van der Waals surface area contributed by atoms with Crippen molar-refractivity contribution in [1.82, 2.24) is 24.9 Å². The van der Waals surface area contributed by atoms with E-state index >= 15 is 0 Å². The van der Waals surface area contributed by atoms with Crippen LogP contribution in [0, 0.1) is 13.8 Å². The van der Waals surface area contributed by atoms with Crippen LogP contribution in [0.15, 0.2) is 16.7 Å². The smallest absolute Gasteiger partial charge is 0.222 e. The maximum absolute atomic E-state index is 11.8. The molecular weight excluding hydrogens is 322 g/mol. The second-order valence-electron chi connectivity index (χ2n) is 4.75. The number of nitrogens with one attached hydrogen (secondary N) is 1. The molecule has 2 aromatic rings. The Hall–Kier alpha value is -1.63. The normalized spacial score (nSPS) is 10.8. The van der Waals surface area contributed by atoms with Crippen molar-refractivity contribution in [1.29, 1.82) is 0 Å². The summed E-state index contributed by atoms with van der Waals surface area (Å²) in [7, 11) is 1.89. The van der Waals surface area contributed by atoms with Gasteiger partial charge in [-0.1, -0.05) is 0 Å². The van der Waals surface area contributed by atoms with E-state index in [-0.39, 0.29) is 5.91 Å². The lowest BCUT2D eigenvalue weighted by Gasteiger charge is -2.03. The molecule has 7 heteroatoms. The number of rotatable bonds is 5. The van der Waals surface area contributed by atoms with Crippen molar-refractivity contribution < 1.29 is 4.79 Å². The van der Waals surface area contributed by atoms with Gasteiger partial charge >= 0.3 is 0 Å². The van der Waals surface area contributed by atoms with Crippen LogP contribution in [0.1, 0.15) is 23.5 Å². The summed E-state index contributed by atoms with van der Waals surface area (Å²) >= 11 is 3.40. The third-order valence-corrected chi connectivity index (χ3v) is 3.86. The van der Waals surface area contributed by atoms with E-state index in [0.29, 0.717) is 19.5 Å². The molecule has 0 unspecified atom stereocenters. The number of carbonyl (C=O) groups excluding carboxylic acids is 1. The van der Waals surface area contributed by atoms with Gasteiger partial charge in [0.15, 0.2) is 0 Å². The Morgan fingerprint density at radius 2 is 2.15 bits per heavy atom. The number of aromatic nitrogens is 4. The van der Waals surface area contributed by atoms with Gasteiger partial charge in [-0.15, -0.1) is 0 Å². The largest absolute Gasteiger partial charge is 0.350 e. The second kappa shape index (κ2) is 6.21. The van der Waals surface area contributed by atoms with E-state index < -0.39 is 0 Å². The first kappa shape index (κ1) is 14.8. The van der Waals surface area contributed by atoms with Gasteiger partial charge in [-0.05, 0) is 35.8 Å². The molecule has 2 heterocycles. The Kier molecular flexibility index (Phi) is 4.59. The Morgan fingerprint density at radius 1 is 1.40 bits per heavy atom. The van der Waals surface area contributed by atoms with Gasteiger partial charge in [0.25, 0.3) is 0 Å². The van der Waals surface area contributed by atoms with Crippen molar-refractivity contribution >= 4 is 21.8 Å². The topological polar surface area (TPSA) is 64.7 Å². The predicted molar refractivity (Wildman–Crippen MR) is 79.1 cm³/mol. The van der Waals surface area contributed by atoms with Gasteiger partial charge in [-0.25, -0.2) is 0 Å². The molecule has 0 atom stereocenters. The zero-order valence-corrected chi connectivity index (χ0v) is 13.4. The summed E-state index contributed by atoms with van der Waals surface area (Å²) in [5.41, 5.74) is 2.87.